The van der Waals surface area contributed by atoms with Gasteiger partial charge in [0.25, 0.3) is 0 Å². The fourth-order valence-corrected chi connectivity index (χ4v) is 1.86. The number of likely N-dealkylation sites (N-methyl/N-ethyl adjacent to an activating group) is 1. The molecule has 3 N–H and O–H groups in total. The highest BCUT2D eigenvalue weighted by Gasteiger charge is 2.48. The van der Waals surface area contributed by atoms with Crippen LogP contribution in [0.2, 0.25) is 0 Å². The van der Waals surface area contributed by atoms with E-state index in [0.717, 1.165) is 12.8 Å². The molecule has 1 saturated carbocycles. The Balaban J connectivity index is 2.61. The van der Waals surface area contributed by atoms with Crippen LogP contribution in [-0.4, -0.2) is 35.1 Å². The van der Waals surface area contributed by atoms with Crippen LogP contribution in [0, 0.1) is 5.92 Å². The standard InChI is InChI=1S/C11H20N2O3/c1-4-12-9(14)7(2)13-11(3,10(15)16)8-5-6-8/h7-8,13H,4-6H2,1-3H3,(H,12,14)(H,15,16). The molecule has 2 unspecified atom stereocenters. The molecule has 1 amide bonds. The lowest BCUT2D eigenvalue weighted by Crippen LogP contribution is -2.58. The minimum Gasteiger partial charge on any atom is -0.480 e. The molecule has 1 aliphatic rings. The molecule has 16 heavy (non-hydrogen) atoms. The van der Waals surface area contributed by atoms with Gasteiger partial charge in [0.05, 0.1) is 6.04 Å². The lowest BCUT2D eigenvalue weighted by molar-refractivity contribution is -0.145. The predicted octanol–water partition coefficient (Wildman–Crippen LogP) is 0.354. The molecule has 1 rings (SSSR count). The fraction of sp³-hybridized carbons (Fsp3) is 0.818. The first-order chi connectivity index (χ1) is 7.41. The van der Waals surface area contributed by atoms with Crippen molar-refractivity contribution in [3.05, 3.63) is 0 Å². The molecule has 0 heterocycles. The van der Waals surface area contributed by atoms with Gasteiger partial charge in [-0.2, -0.15) is 0 Å². The summed E-state index contributed by atoms with van der Waals surface area (Å²) in [6.07, 6.45) is 1.83. The molecule has 5 nitrogen and oxygen atoms in total. The third-order valence-corrected chi connectivity index (χ3v) is 3.10. The molecule has 0 aromatic rings. The van der Waals surface area contributed by atoms with Gasteiger partial charge in [-0.25, -0.2) is 0 Å². The molecule has 0 aromatic carbocycles. The largest absolute Gasteiger partial charge is 0.480 e. The van der Waals surface area contributed by atoms with E-state index in [2.05, 4.69) is 10.6 Å². The van der Waals surface area contributed by atoms with Crippen LogP contribution in [0.15, 0.2) is 0 Å². The molecule has 1 fully saturated rings. The van der Waals surface area contributed by atoms with Crippen molar-refractivity contribution in [2.75, 3.05) is 6.54 Å². The zero-order valence-corrected chi connectivity index (χ0v) is 10.0. The van der Waals surface area contributed by atoms with E-state index in [4.69, 9.17) is 0 Å². The first-order valence-electron chi connectivity index (χ1n) is 5.70. The number of hydrogen-bond acceptors (Lipinski definition) is 3. The van der Waals surface area contributed by atoms with Crippen molar-refractivity contribution >= 4 is 11.9 Å². The quantitative estimate of drug-likeness (QED) is 0.613. The molecule has 0 radical (unpaired) electrons. The second kappa shape index (κ2) is 4.82. The first-order valence-corrected chi connectivity index (χ1v) is 5.70. The van der Waals surface area contributed by atoms with E-state index in [1.807, 2.05) is 6.92 Å². The second-order valence-corrected chi connectivity index (χ2v) is 4.54. The van der Waals surface area contributed by atoms with Gasteiger partial charge >= 0.3 is 5.97 Å². The van der Waals surface area contributed by atoms with Gasteiger partial charge in [0.15, 0.2) is 0 Å². The first kappa shape index (κ1) is 13.0. The minimum atomic E-state index is -0.982. The monoisotopic (exact) mass is 228 g/mol. The topological polar surface area (TPSA) is 78.4 Å². The molecular weight excluding hydrogens is 208 g/mol. The summed E-state index contributed by atoms with van der Waals surface area (Å²) in [7, 11) is 0. The van der Waals surface area contributed by atoms with Gasteiger partial charge in [-0.05, 0) is 39.5 Å². The lowest BCUT2D eigenvalue weighted by Gasteiger charge is -2.29. The summed E-state index contributed by atoms with van der Waals surface area (Å²) in [5.74, 6) is -0.899. The van der Waals surface area contributed by atoms with Gasteiger partial charge in [-0.3, -0.25) is 14.9 Å². The molecule has 5 heteroatoms. The Morgan fingerprint density at radius 2 is 2.06 bits per heavy atom. The van der Waals surface area contributed by atoms with Crippen LogP contribution in [0.5, 0.6) is 0 Å². The van der Waals surface area contributed by atoms with Gasteiger partial charge < -0.3 is 10.4 Å². The van der Waals surface area contributed by atoms with Crippen molar-refractivity contribution in [1.29, 1.82) is 0 Å². The Kier molecular flexibility index (Phi) is 3.91. The Bertz CT molecular complexity index is 289. The average molecular weight is 228 g/mol. The summed E-state index contributed by atoms with van der Waals surface area (Å²) in [6, 6.07) is -0.485. The van der Waals surface area contributed by atoms with Gasteiger partial charge in [-0.15, -0.1) is 0 Å². The number of carbonyl (C=O) groups is 2. The summed E-state index contributed by atoms with van der Waals surface area (Å²) in [4.78, 5) is 22.7. The summed E-state index contributed by atoms with van der Waals surface area (Å²) < 4.78 is 0. The number of hydrogen-bond donors (Lipinski definition) is 3. The second-order valence-electron chi connectivity index (χ2n) is 4.54. The third kappa shape index (κ3) is 2.72. The Labute approximate surface area is 95.6 Å². The smallest absolute Gasteiger partial charge is 0.323 e. The van der Waals surface area contributed by atoms with Crippen molar-refractivity contribution in [3.8, 4) is 0 Å². The fourth-order valence-electron chi connectivity index (χ4n) is 1.86. The van der Waals surface area contributed by atoms with Crippen molar-refractivity contribution in [2.45, 2.75) is 45.2 Å². The third-order valence-electron chi connectivity index (χ3n) is 3.10. The molecule has 0 aromatic heterocycles. The van der Waals surface area contributed by atoms with Gasteiger partial charge in [0.2, 0.25) is 5.91 Å². The Morgan fingerprint density at radius 1 is 1.50 bits per heavy atom. The van der Waals surface area contributed by atoms with Crippen LogP contribution in [0.4, 0.5) is 0 Å². The van der Waals surface area contributed by atoms with E-state index in [1.54, 1.807) is 13.8 Å². The number of carbonyl (C=O) groups excluding carboxylic acids is 1. The van der Waals surface area contributed by atoms with E-state index in [1.165, 1.54) is 0 Å². The van der Waals surface area contributed by atoms with E-state index in [-0.39, 0.29) is 11.8 Å². The molecule has 0 spiro atoms. The maximum Gasteiger partial charge on any atom is 0.323 e. The molecule has 92 valence electrons. The lowest BCUT2D eigenvalue weighted by atomic mass is 9.95. The van der Waals surface area contributed by atoms with E-state index >= 15 is 0 Å². The SMILES string of the molecule is CCNC(=O)C(C)NC(C)(C(=O)O)C1CC1. The van der Waals surface area contributed by atoms with Gasteiger partial charge in [-0.1, -0.05) is 0 Å². The Hall–Kier alpha value is -1.10. The summed E-state index contributed by atoms with van der Waals surface area (Å²) in [5, 5.41) is 14.8. The van der Waals surface area contributed by atoms with E-state index in [9.17, 15) is 14.7 Å². The van der Waals surface area contributed by atoms with Crippen LogP contribution in [0.1, 0.15) is 33.6 Å². The van der Waals surface area contributed by atoms with Gasteiger partial charge in [0, 0.05) is 6.54 Å². The maximum atomic E-state index is 11.5. The highest BCUT2D eigenvalue weighted by molar-refractivity contribution is 5.84. The number of rotatable bonds is 6. The Morgan fingerprint density at radius 3 is 2.44 bits per heavy atom. The van der Waals surface area contributed by atoms with E-state index < -0.39 is 17.6 Å². The molecule has 0 saturated heterocycles. The predicted molar refractivity (Wildman–Crippen MR) is 60.0 cm³/mol. The highest BCUT2D eigenvalue weighted by atomic mass is 16.4. The molecule has 2 atom stereocenters. The van der Waals surface area contributed by atoms with Crippen LogP contribution < -0.4 is 10.6 Å². The summed E-state index contributed by atoms with van der Waals surface area (Å²) in [6.45, 7) is 5.73. The molecular formula is C11H20N2O3. The molecule has 1 aliphatic carbocycles. The van der Waals surface area contributed by atoms with Crippen LogP contribution >= 0.6 is 0 Å². The zero-order valence-electron chi connectivity index (χ0n) is 10.0. The molecule has 0 aliphatic heterocycles. The van der Waals surface area contributed by atoms with E-state index in [0.29, 0.717) is 6.54 Å². The minimum absolute atomic E-state index is 0.141. The number of amides is 1. The van der Waals surface area contributed by atoms with Crippen LogP contribution in [-0.2, 0) is 9.59 Å². The average Bonchev–Trinajstić information content (AvgIpc) is 3.00. The van der Waals surface area contributed by atoms with Crippen LogP contribution in [0.25, 0.3) is 0 Å². The number of aliphatic carboxylic acids is 1. The number of nitrogens with one attached hydrogen (secondary N) is 2. The number of carboxylic acid groups (broad SMARTS) is 1. The maximum absolute atomic E-state index is 11.5. The normalized spacial score (nSPS) is 20.9. The van der Waals surface area contributed by atoms with Crippen molar-refractivity contribution in [3.63, 3.8) is 0 Å². The zero-order chi connectivity index (χ0) is 12.3. The van der Waals surface area contributed by atoms with Gasteiger partial charge in [0.1, 0.15) is 5.54 Å². The van der Waals surface area contributed by atoms with Crippen molar-refractivity contribution in [1.82, 2.24) is 10.6 Å². The summed E-state index contributed by atoms with van der Waals surface area (Å²) in [5.41, 5.74) is -0.982. The van der Waals surface area contributed by atoms with Crippen LogP contribution in [0.3, 0.4) is 0 Å². The molecule has 0 bridgehead atoms. The summed E-state index contributed by atoms with van der Waals surface area (Å²) >= 11 is 0. The van der Waals surface area contributed by atoms with Crippen molar-refractivity contribution < 1.29 is 14.7 Å². The van der Waals surface area contributed by atoms with Crippen molar-refractivity contribution in [2.24, 2.45) is 5.92 Å². The highest BCUT2D eigenvalue weighted by Crippen LogP contribution is 2.39. The number of carboxylic acids is 1.